The molecule has 0 nitrogen and oxygen atoms in total. The zero-order valence-corrected chi connectivity index (χ0v) is 16.8. The molecule has 2 rings (SSSR count). The molecule has 1 fully saturated rings. The second kappa shape index (κ2) is 9.96. The lowest BCUT2D eigenvalue weighted by molar-refractivity contribution is 0.309. The fourth-order valence-corrected chi connectivity index (χ4v) is 3.96. The van der Waals surface area contributed by atoms with Crippen molar-refractivity contribution in [3.05, 3.63) is 70.6 Å². The summed E-state index contributed by atoms with van der Waals surface area (Å²) in [5.41, 5.74) is 2.40. The molecule has 0 N–H and O–H groups in total. The van der Waals surface area contributed by atoms with Crippen LogP contribution >= 0.6 is 0 Å². The first kappa shape index (κ1) is 21.5. The van der Waals surface area contributed by atoms with Crippen LogP contribution in [0.5, 0.6) is 0 Å². The van der Waals surface area contributed by atoms with Crippen molar-refractivity contribution in [1.29, 1.82) is 0 Å². The maximum atomic E-state index is 14.2. The molecular formula is C24H31F3. The molecule has 0 spiro atoms. The summed E-state index contributed by atoms with van der Waals surface area (Å²) in [6.45, 7) is 8.64. The molecule has 0 amide bonds. The average Bonchev–Trinajstić information content (AvgIpc) is 2.68. The number of rotatable bonds is 7. The topological polar surface area (TPSA) is 0 Å². The van der Waals surface area contributed by atoms with E-state index in [0.29, 0.717) is 30.3 Å². The molecule has 3 heteroatoms. The van der Waals surface area contributed by atoms with Gasteiger partial charge < -0.3 is 0 Å². The smallest absolute Gasteiger partial charge is 0.161 e. The molecule has 0 heterocycles. The van der Waals surface area contributed by atoms with Crippen LogP contribution in [0.4, 0.5) is 13.2 Å². The highest BCUT2D eigenvalue weighted by atomic mass is 19.2. The summed E-state index contributed by atoms with van der Waals surface area (Å²) in [7, 11) is 0. The molecule has 1 saturated carbocycles. The Morgan fingerprint density at radius 3 is 2.33 bits per heavy atom. The Labute approximate surface area is 161 Å². The van der Waals surface area contributed by atoms with Crippen LogP contribution < -0.4 is 0 Å². The van der Waals surface area contributed by atoms with Gasteiger partial charge in [0.1, 0.15) is 5.82 Å². The van der Waals surface area contributed by atoms with Crippen LogP contribution in [0, 0.1) is 11.7 Å². The molecule has 0 unspecified atom stereocenters. The van der Waals surface area contributed by atoms with Crippen LogP contribution in [-0.2, 0) is 6.42 Å². The fraction of sp³-hybridized carbons (Fsp3) is 0.500. The zero-order chi connectivity index (χ0) is 20.0. The van der Waals surface area contributed by atoms with Crippen molar-refractivity contribution in [3.8, 4) is 0 Å². The van der Waals surface area contributed by atoms with Gasteiger partial charge in [-0.3, -0.25) is 0 Å². The van der Waals surface area contributed by atoms with Crippen LogP contribution in [0.15, 0.2) is 53.7 Å². The predicted octanol–water partition coefficient (Wildman–Crippen LogP) is 8.12. The third-order valence-corrected chi connectivity index (χ3v) is 5.80. The van der Waals surface area contributed by atoms with Crippen molar-refractivity contribution in [3.63, 3.8) is 0 Å². The minimum Gasteiger partial charge on any atom is -0.207 e. The standard InChI is InChI=1S/C24H31F3/c1-5-18-13-14-21(15-22(18)25)20-11-8-17(9-12-20)7-10-19(6-2)24(27)23(26)16(3)4/h6,13-15,17,20H,3,5,7-12H2,1-2,4H3/b19-6-,24-23-. The van der Waals surface area contributed by atoms with Gasteiger partial charge in [0.15, 0.2) is 11.7 Å². The number of aryl methyl sites for hydroxylation is 1. The minimum atomic E-state index is -0.843. The molecule has 0 saturated heterocycles. The number of allylic oxidation sites excluding steroid dienone is 5. The molecule has 27 heavy (non-hydrogen) atoms. The molecule has 0 aromatic heterocycles. The predicted molar refractivity (Wildman–Crippen MR) is 108 cm³/mol. The van der Waals surface area contributed by atoms with Gasteiger partial charge in [-0.1, -0.05) is 31.7 Å². The molecular weight excluding hydrogens is 345 g/mol. The van der Waals surface area contributed by atoms with Crippen molar-refractivity contribution < 1.29 is 13.2 Å². The van der Waals surface area contributed by atoms with E-state index in [1.807, 2.05) is 13.0 Å². The first-order valence-electron chi connectivity index (χ1n) is 10.0. The van der Waals surface area contributed by atoms with Gasteiger partial charge in [-0.25, -0.2) is 13.2 Å². The molecule has 1 aromatic carbocycles. The van der Waals surface area contributed by atoms with E-state index in [9.17, 15) is 13.2 Å². The fourth-order valence-electron chi connectivity index (χ4n) is 3.96. The Balaban J connectivity index is 1.90. The van der Waals surface area contributed by atoms with Crippen molar-refractivity contribution >= 4 is 0 Å². The highest BCUT2D eigenvalue weighted by Crippen LogP contribution is 2.39. The lowest BCUT2D eigenvalue weighted by Crippen LogP contribution is -2.14. The van der Waals surface area contributed by atoms with E-state index in [1.54, 1.807) is 19.1 Å². The summed E-state index contributed by atoms with van der Waals surface area (Å²) in [6.07, 6.45) is 7.91. The Kier molecular flexibility index (Phi) is 7.94. The average molecular weight is 377 g/mol. The van der Waals surface area contributed by atoms with E-state index in [1.165, 1.54) is 6.92 Å². The molecule has 0 aliphatic heterocycles. The minimum absolute atomic E-state index is 0.100. The molecule has 0 atom stereocenters. The van der Waals surface area contributed by atoms with Crippen LogP contribution in [0.2, 0.25) is 0 Å². The largest absolute Gasteiger partial charge is 0.207 e. The Bertz CT molecular complexity index is 719. The summed E-state index contributed by atoms with van der Waals surface area (Å²) in [5.74, 6) is -0.803. The maximum Gasteiger partial charge on any atom is 0.161 e. The summed E-state index contributed by atoms with van der Waals surface area (Å²) in [4.78, 5) is 0. The second-order valence-electron chi connectivity index (χ2n) is 7.68. The summed E-state index contributed by atoms with van der Waals surface area (Å²) >= 11 is 0. The van der Waals surface area contributed by atoms with Gasteiger partial charge in [0, 0.05) is 0 Å². The van der Waals surface area contributed by atoms with Crippen LogP contribution in [0.25, 0.3) is 0 Å². The van der Waals surface area contributed by atoms with E-state index in [-0.39, 0.29) is 11.4 Å². The number of hydrogen-bond acceptors (Lipinski definition) is 0. The number of benzene rings is 1. The van der Waals surface area contributed by atoms with Crippen molar-refractivity contribution in [2.45, 2.75) is 71.6 Å². The lowest BCUT2D eigenvalue weighted by atomic mass is 9.76. The molecule has 148 valence electrons. The third kappa shape index (κ3) is 5.60. The van der Waals surface area contributed by atoms with Gasteiger partial charge >= 0.3 is 0 Å². The van der Waals surface area contributed by atoms with Gasteiger partial charge in [-0.05, 0) is 99.0 Å². The maximum absolute atomic E-state index is 14.2. The summed E-state index contributed by atoms with van der Waals surface area (Å²) in [5, 5.41) is 0. The van der Waals surface area contributed by atoms with Crippen LogP contribution in [-0.4, -0.2) is 0 Å². The SMILES string of the molecule is C=C(C)/C(F)=C(F)\C(=C/C)CCC1CCC(c2ccc(CC)c(F)c2)CC1. The highest BCUT2D eigenvalue weighted by molar-refractivity contribution is 5.35. The first-order valence-corrected chi connectivity index (χ1v) is 10.0. The van der Waals surface area contributed by atoms with Crippen molar-refractivity contribution in [2.75, 3.05) is 0 Å². The van der Waals surface area contributed by atoms with Gasteiger partial charge in [0.2, 0.25) is 0 Å². The van der Waals surface area contributed by atoms with Gasteiger partial charge in [-0.15, -0.1) is 0 Å². The zero-order valence-electron chi connectivity index (χ0n) is 16.8. The monoisotopic (exact) mass is 376 g/mol. The molecule has 0 radical (unpaired) electrons. The van der Waals surface area contributed by atoms with E-state index >= 15 is 0 Å². The van der Waals surface area contributed by atoms with Gasteiger partial charge in [-0.2, -0.15) is 0 Å². The van der Waals surface area contributed by atoms with Crippen LogP contribution in [0.1, 0.15) is 76.3 Å². The summed E-state index contributed by atoms with van der Waals surface area (Å²) < 4.78 is 42.0. The molecule has 1 aromatic rings. The number of hydrogen-bond donors (Lipinski definition) is 0. The normalized spacial score (nSPS) is 21.8. The van der Waals surface area contributed by atoms with E-state index in [0.717, 1.165) is 43.2 Å². The first-order chi connectivity index (χ1) is 12.9. The Hall–Kier alpha value is -1.77. The summed E-state index contributed by atoms with van der Waals surface area (Å²) in [6, 6.07) is 5.66. The molecule has 1 aliphatic rings. The van der Waals surface area contributed by atoms with E-state index in [4.69, 9.17) is 0 Å². The number of halogens is 3. The van der Waals surface area contributed by atoms with Crippen molar-refractivity contribution in [1.82, 2.24) is 0 Å². The van der Waals surface area contributed by atoms with Crippen molar-refractivity contribution in [2.24, 2.45) is 5.92 Å². The van der Waals surface area contributed by atoms with Gasteiger partial charge in [0.05, 0.1) is 0 Å². The van der Waals surface area contributed by atoms with E-state index < -0.39 is 11.7 Å². The highest BCUT2D eigenvalue weighted by Gasteiger charge is 2.23. The Morgan fingerprint density at radius 1 is 1.15 bits per heavy atom. The van der Waals surface area contributed by atoms with Crippen LogP contribution in [0.3, 0.4) is 0 Å². The third-order valence-electron chi connectivity index (χ3n) is 5.80. The second-order valence-corrected chi connectivity index (χ2v) is 7.68. The Morgan fingerprint density at radius 2 is 1.81 bits per heavy atom. The lowest BCUT2D eigenvalue weighted by Gasteiger charge is -2.29. The molecule has 0 bridgehead atoms. The van der Waals surface area contributed by atoms with Gasteiger partial charge in [0.25, 0.3) is 0 Å². The molecule has 1 aliphatic carbocycles. The van der Waals surface area contributed by atoms with E-state index in [2.05, 4.69) is 12.6 Å². The quantitative estimate of drug-likeness (QED) is 0.422.